The average molecular weight is 296 g/mol. The maximum absolute atomic E-state index is 6.44. The van der Waals surface area contributed by atoms with Crippen LogP contribution in [-0.2, 0) is 6.42 Å². The molecule has 1 N–H and O–H groups in total. The highest BCUT2D eigenvalue weighted by Crippen LogP contribution is 2.44. The van der Waals surface area contributed by atoms with E-state index in [-0.39, 0.29) is 0 Å². The fourth-order valence-corrected chi connectivity index (χ4v) is 3.46. The number of halogens is 1. The molecule has 3 rings (SSSR count). The monoisotopic (exact) mass is 295 g/mol. The SMILES string of the molecule is CCc1c(C2CCCNC2)cc(Cl)c2c1OCCCO2. The summed E-state index contributed by atoms with van der Waals surface area (Å²) in [6, 6.07) is 2.10. The van der Waals surface area contributed by atoms with Gasteiger partial charge >= 0.3 is 0 Å². The van der Waals surface area contributed by atoms with E-state index in [0.717, 1.165) is 37.4 Å². The van der Waals surface area contributed by atoms with Crippen LogP contribution in [0.25, 0.3) is 0 Å². The summed E-state index contributed by atoms with van der Waals surface area (Å²) >= 11 is 6.44. The lowest BCUT2D eigenvalue weighted by Crippen LogP contribution is -2.29. The van der Waals surface area contributed by atoms with Crippen molar-refractivity contribution in [1.82, 2.24) is 5.32 Å². The van der Waals surface area contributed by atoms with Crippen molar-refractivity contribution in [2.45, 2.75) is 38.5 Å². The Morgan fingerprint density at radius 2 is 2.05 bits per heavy atom. The predicted octanol–water partition coefficient (Wildman–Crippen LogP) is 3.53. The molecule has 0 amide bonds. The van der Waals surface area contributed by atoms with Crippen molar-refractivity contribution in [3.63, 3.8) is 0 Å². The van der Waals surface area contributed by atoms with E-state index in [1.54, 1.807) is 0 Å². The molecule has 3 nitrogen and oxygen atoms in total. The summed E-state index contributed by atoms with van der Waals surface area (Å²) in [5.41, 5.74) is 2.62. The van der Waals surface area contributed by atoms with E-state index in [1.165, 1.54) is 24.0 Å². The molecular weight excluding hydrogens is 274 g/mol. The topological polar surface area (TPSA) is 30.5 Å². The van der Waals surface area contributed by atoms with Gasteiger partial charge in [0.05, 0.1) is 18.2 Å². The Kier molecular flexibility index (Phi) is 4.37. The minimum Gasteiger partial charge on any atom is -0.489 e. The summed E-state index contributed by atoms with van der Waals surface area (Å²) in [6.45, 7) is 5.72. The highest BCUT2D eigenvalue weighted by molar-refractivity contribution is 6.32. The lowest BCUT2D eigenvalue weighted by molar-refractivity contribution is 0.296. The molecule has 1 atom stereocenters. The molecule has 2 aliphatic heterocycles. The van der Waals surface area contributed by atoms with Gasteiger partial charge in [-0.05, 0) is 43.4 Å². The first-order valence-corrected chi connectivity index (χ1v) is 8.00. The van der Waals surface area contributed by atoms with E-state index in [2.05, 4.69) is 18.3 Å². The van der Waals surface area contributed by atoms with Crippen LogP contribution in [-0.4, -0.2) is 26.3 Å². The van der Waals surface area contributed by atoms with Crippen molar-refractivity contribution in [3.8, 4) is 11.5 Å². The lowest BCUT2D eigenvalue weighted by Gasteiger charge is -2.27. The summed E-state index contributed by atoms with van der Waals surface area (Å²) in [6.07, 6.45) is 4.30. The standard InChI is InChI=1S/C16H22ClNO2/c1-2-12-13(11-5-3-6-18-10-11)9-14(17)16-15(12)19-7-4-8-20-16/h9,11,18H,2-8,10H2,1H3. The van der Waals surface area contributed by atoms with E-state index in [9.17, 15) is 0 Å². The highest BCUT2D eigenvalue weighted by atomic mass is 35.5. The van der Waals surface area contributed by atoms with Gasteiger partial charge in [0.25, 0.3) is 0 Å². The third-order valence-corrected chi connectivity index (χ3v) is 4.48. The number of nitrogens with one attached hydrogen (secondary N) is 1. The fourth-order valence-electron chi connectivity index (χ4n) is 3.21. The van der Waals surface area contributed by atoms with Crippen LogP contribution in [0.5, 0.6) is 11.5 Å². The average Bonchev–Trinajstić information content (AvgIpc) is 2.74. The summed E-state index contributed by atoms with van der Waals surface area (Å²) in [5.74, 6) is 2.17. The third kappa shape index (κ3) is 2.61. The van der Waals surface area contributed by atoms with Gasteiger partial charge in [0.2, 0.25) is 0 Å². The van der Waals surface area contributed by atoms with Gasteiger partial charge in [0.15, 0.2) is 11.5 Å². The Morgan fingerprint density at radius 1 is 1.25 bits per heavy atom. The van der Waals surface area contributed by atoms with Crippen LogP contribution in [0.2, 0.25) is 5.02 Å². The Morgan fingerprint density at radius 3 is 2.75 bits per heavy atom. The summed E-state index contributed by atoms with van der Waals surface area (Å²) in [5, 5.41) is 4.18. The largest absolute Gasteiger partial charge is 0.489 e. The van der Waals surface area contributed by atoms with Crippen LogP contribution in [0.3, 0.4) is 0 Å². The van der Waals surface area contributed by atoms with Crippen LogP contribution in [0.4, 0.5) is 0 Å². The van der Waals surface area contributed by atoms with Gasteiger partial charge < -0.3 is 14.8 Å². The van der Waals surface area contributed by atoms with Crippen molar-refractivity contribution < 1.29 is 9.47 Å². The van der Waals surface area contributed by atoms with E-state index in [4.69, 9.17) is 21.1 Å². The van der Waals surface area contributed by atoms with Crippen molar-refractivity contribution in [2.75, 3.05) is 26.3 Å². The van der Waals surface area contributed by atoms with E-state index >= 15 is 0 Å². The molecule has 0 saturated carbocycles. The molecule has 0 radical (unpaired) electrons. The summed E-state index contributed by atoms with van der Waals surface area (Å²) in [4.78, 5) is 0. The van der Waals surface area contributed by atoms with Crippen LogP contribution in [0.15, 0.2) is 6.07 Å². The second-order valence-corrected chi connectivity index (χ2v) is 5.94. The van der Waals surface area contributed by atoms with Crippen LogP contribution < -0.4 is 14.8 Å². The van der Waals surface area contributed by atoms with Gasteiger partial charge in [-0.25, -0.2) is 0 Å². The van der Waals surface area contributed by atoms with Crippen molar-refractivity contribution in [2.24, 2.45) is 0 Å². The number of ether oxygens (including phenoxy) is 2. The molecule has 20 heavy (non-hydrogen) atoms. The molecule has 1 aromatic rings. The number of hydrogen-bond donors (Lipinski definition) is 1. The van der Waals surface area contributed by atoms with Gasteiger partial charge in [-0.1, -0.05) is 18.5 Å². The molecule has 0 spiro atoms. The Hall–Kier alpha value is -0.930. The van der Waals surface area contributed by atoms with Crippen molar-refractivity contribution in [1.29, 1.82) is 0 Å². The maximum Gasteiger partial charge on any atom is 0.180 e. The zero-order chi connectivity index (χ0) is 13.9. The molecule has 4 heteroatoms. The van der Waals surface area contributed by atoms with Gasteiger partial charge in [-0.15, -0.1) is 0 Å². The molecule has 1 unspecified atom stereocenters. The van der Waals surface area contributed by atoms with Gasteiger partial charge in [0, 0.05) is 18.5 Å². The fraction of sp³-hybridized carbons (Fsp3) is 0.625. The molecule has 2 heterocycles. The van der Waals surface area contributed by atoms with Crippen molar-refractivity contribution >= 4 is 11.6 Å². The highest BCUT2D eigenvalue weighted by Gasteiger charge is 2.25. The number of fused-ring (bicyclic) bond motifs is 1. The van der Waals surface area contributed by atoms with Gasteiger partial charge in [-0.2, -0.15) is 0 Å². The Bertz CT molecular complexity index is 484. The second-order valence-electron chi connectivity index (χ2n) is 5.53. The first-order valence-electron chi connectivity index (χ1n) is 7.62. The number of piperidine rings is 1. The number of benzene rings is 1. The van der Waals surface area contributed by atoms with Crippen LogP contribution in [0, 0.1) is 0 Å². The molecule has 0 aliphatic carbocycles. The zero-order valence-electron chi connectivity index (χ0n) is 12.0. The van der Waals surface area contributed by atoms with Crippen molar-refractivity contribution in [3.05, 3.63) is 22.2 Å². The predicted molar refractivity (Wildman–Crippen MR) is 81.3 cm³/mol. The summed E-state index contributed by atoms with van der Waals surface area (Å²) in [7, 11) is 0. The van der Waals surface area contributed by atoms with E-state index in [0.29, 0.717) is 24.2 Å². The van der Waals surface area contributed by atoms with Crippen LogP contribution in [0.1, 0.15) is 43.2 Å². The summed E-state index contributed by atoms with van der Waals surface area (Å²) < 4.78 is 11.7. The van der Waals surface area contributed by atoms with E-state index < -0.39 is 0 Å². The van der Waals surface area contributed by atoms with Gasteiger partial charge in [-0.3, -0.25) is 0 Å². The maximum atomic E-state index is 6.44. The smallest absolute Gasteiger partial charge is 0.180 e. The minimum atomic E-state index is 0.536. The molecule has 1 fully saturated rings. The molecular formula is C16H22ClNO2. The molecule has 1 aromatic carbocycles. The number of rotatable bonds is 2. The first kappa shape index (κ1) is 14.0. The molecule has 1 saturated heterocycles. The second kappa shape index (κ2) is 6.23. The molecule has 0 bridgehead atoms. The Labute approximate surface area is 125 Å². The quantitative estimate of drug-likeness (QED) is 0.905. The van der Waals surface area contributed by atoms with Gasteiger partial charge in [0.1, 0.15) is 0 Å². The molecule has 110 valence electrons. The first-order chi connectivity index (χ1) is 9.81. The number of hydrogen-bond acceptors (Lipinski definition) is 3. The van der Waals surface area contributed by atoms with E-state index in [1.807, 2.05) is 0 Å². The lowest BCUT2D eigenvalue weighted by atomic mass is 9.87. The van der Waals surface area contributed by atoms with Crippen LogP contribution >= 0.6 is 11.6 Å². The Balaban J connectivity index is 2.05. The minimum absolute atomic E-state index is 0.536. The normalized spacial score (nSPS) is 22.4. The molecule has 0 aromatic heterocycles. The third-order valence-electron chi connectivity index (χ3n) is 4.20. The molecule has 2 aliphatic rings. The zero-order valence-corrected chi connectivity index (χ0v) is 12.8.